The molecule has 0 spiro atoms. The Balaban J connectivity index is 2.19. The Labute approximate surface area is 102 Å². The van der Waals surface area contributed by atoms with Crippen LogP contribution in [0.5, 0.6) is 0 Å². The maximum Gasteiger partial charge on any atom is 0.234 e. The van der Waals surface area contributed by atoms with Gasteiger partial charge in [0.1, 0.15) is 0 Å². The largest absolute Gasteiger partial charge is 0.316 e. The van der Waals surface area contributed by atoms with Crippen molar-refractivity contribution in [3.63, 3.8) is 0 Å². The highest BCUT2D eigenvalue weighted by Crippen LogP contribution is 2.32. The summed E-state index contributed by atoms with van der Waals surface area (Å²) in [5, 5.41) is 3.29. The van der Waals surface area contributed by atoms with E-state index in [1.807, 2.05) is 19.2 Å². The van der Waals surface area contributed by atoms with Gasteiger partial charge in [-0.3, -0.25) is 9.78 Å². The maximum atomic E-state index is 12.6. The molecule has 1 aliphatic rings. The summed E-state index contributed by atoms with van der Waals surface area (Å²) in [7, 11) is 1.83. The van der Waals surface area contributed by atoms with Crippen LogP contribution >= 0.6 is 0 Å². The van der Waals surface area contributed by atoms with Crippen molar-refractivity contribution in [3.05, 3.63) is 24.5 Å². The summed E-state index contributed by atoms with van der Waals surface area (Å²) in [6.45, 7) is 3.80. The molecule has 1 unspecified atom stereocenters. The number of pyridine rings is 1. The first-order valence-electron chi connectivity index (χ1n) is 6.08. The lowest BCUT2D eigenvalue weighted by molar-refractivity contribution is -0.127. The number of rotatable bonds is 3. The maximum absolute atomic E-state index is 12.6. The Morgan fingerprint density at radius 2 is 2.47 bits per heavy atom. The first kappa shape index (κ1) is 12.0. The van der Waals surface area contributed by atoms with Gasteiger partial charge >= 0.3 is 0 Å². The van der Waals surface area contributed by atoms with Crippen LogP contribution in [0.4, 0.5) is 5.69 Å². The van der Waals surface area contributed by atoms with E-state index in [-0.39, 0.29) is 11.3 Å². The third-order valence-corrected chi connectivity index (χ3v) is 3.71. The summed E-state index contributed by atoms with van der Waals surface area (Å²) in [6.07, 6.45) is 5.24. The monoisotopic (exact) mass is 233 g/mol. The van der Waals surface area contributed by atoms with E-state index in [0.29, 0.717) is 0 Å². The van der Waals surface area contributed by atoms with Crippen molar-refractivity contribution in [2.45, 2.75) is 19.8 Å². The minimum absolute atomic E-state index is 0.193. The molecule has 1 N–H and O–H groups in total. The van der Waals surface area contributed by atoms with Crippen molar-refractivity contribution in [1.82, 2.24) is 10.3 Å². The van der Waals surface area contributed by atoms with E-state index in [0.717, 1.165) is 31.6 Å². The number of amides is 1. The van der Waals surface area contributed by atoms with E-state index in [9.17, 15) is 4.79 Å². The Morgan fingerprint density at radius 3 is 3.00 bits per heavy atom. The Morgan fingerprint density at radius 1 is 1.65 bits per heavy atom. The minimum atomic E-state index is -0.232. The van der Waals surface area contributed by atoms with Gasteiger partial charge in [0, 0.05) is 19.8 Å². The SMILES string of the molecule is CCC1(C(=O)N(C)c2cccnc2)CCNC1. The summed E-state index contributed by atoms with van der Waals surface area (Å²) in [5.74, 6) is 0.193. The lowest BCUT2D eigenvalue weighted by atomic mass is 9.83. The number of carbonyl (C=O) groups is 1. The number of hydrogen-bond acceptors (Lipinski definition) is 3. The van der Waals surface area contributed by atoms with Gasteiger partial charge in [0.15, 0.2) is 0 Å². The summed E-state index contributed by atoms with van der Waals surface area (Å²) >= 11 is 0. The topological polar surface area (TPSA) is 45.2 Å². The number of anilines is 1. The smallest absolute Gasteiger partial charge is 0.234 e. The zero-order valence-corrected chi connectivity index (χ0v) is 10.4. The molecule has 2 rings (SSSR count). The standard InChI is InChI=1S/C13H19N3O/c1-3-13(6-8-15-10-13)12(17)16(2)11-5-4-7-14-9-11/h4-5,7,9,15H,3,6,8,10H2,1-2H3. The van der Waals surface area contributed by atoms with Crippen molar-refractivity contribution >= 4 is 11.6 Å². The molecule has 1 aromatic rings. The van der Waals surface area contributed by atoms with E-state index < -0.39 is 0 Å². The molecule has 1 aliphatic heterocycles. The second kappa shape index (κ2) is 4.84. The molecule has 2 heterocycles. The van der Waals surface area contributed by atoms with Gasteiger partial charge < -0.3 is 10.2 Å². The van der Waals surface area contributed by atoms with Crippen LogP contribution in [0.3, 0.4) is 0 Å². The predicted molar refractivity (Wildman–Crippen MR) is 67.9 cm³/mol. The predicted octanol–water partition coefficient (Wildman–Crippen LogP) is 1.43. The van der Waals surface area contributed by atoms with Crippen molar-refractivity contribution in [2.24, 2.45) is 5.41 Å². The second-order valence-corrected chi connectivity index (χ2v) is 4.64. The van der Waals surface area contributed by atoms with Gasteiger partial charge in [-0.15, -0.1) is 0 Å². The van der Waals surface area contributed by atoms with Crippen LogP contribution < -0.4 is 10.2 Å². The number of nitrogens with one attached hydrogen (secondary N) is 1. The van der Waals surface area contributed by atoms with Gasteiger partial charge in [0.2, 0.25) is 5.91 Å². The van der Waals surface area contributed by atoms with Gasteiger partial charge in [-0.05, 0) is 31.5 Å². The number of carbonyl (C=O) groups excluding carboxylic acids is 1. The molecular weight excluding hydrogens is 214 g/mol. The van der Waals surface area contributed by atoms with Crippen LogP contribution in [0.2, 0.25) is 0 Å². The van der Waals surface area contributed by atoms with Crippen molar-refractivity contribution in [2.75, 3.05) is 25.0 Å². The molecule has 1 fully saturated rings. The summed E-state index contributed by atoms with van der Waals surface area (Å²) in [5.41, 5.74) is 0.627. The third kappa shape index (κ3) is 2.17. The molecule has 0 bridgehead atoms. The van der Waals surface area contributed by atoms with Gasteiger partial charge in [0.05, 0.1) is 17.3 Å². The average molecular weight is 233 g/mol. The van der Waals surface area contributed by atoms with Crippen LogP contribution in [-0.2, 0) is 4.79 Å². The van der Waals surface area contributed by atoms with Crippen LogP contribution in [0.25, 0.3) is 0 Å². The van der Waals surface area contributed by atoms with Crippen LogP contribution in [0.1, 0.15) is 19.8 Å². The van der Waals surface area contributed by atoms with Crippen LogP contribution in [0.15, 0.2) is 24.5 Å². The molecule has 4 nitrogen and oxygen atoms in total. The zero-order valence-electron chi connectivity index (χ0n) is 10.4. The van der Waals surface area contributed by atoms with Crippen molar-refractivity contribution in [1.29, 1.82) is 0 Å². The van der Waals surface area contributed by atoms with Crippen molar-refractivity contribution in [3.8, 4) is 0 Å². The molecule has 0 aliphatic carbocycles. The van der Waals surface area contributed by atoms with E-state index in [2.05, 4.69) is 17.2 Å². The molecule has 1 amide bonds. The quantitative estimate of drug-likeness (QED) is 0.859. The molecule has 1 saturated heterocycles. The van der Waals surface area contributed by atoms with Gasteiger partial charge in [-0.1, -0.05) is 6.92 Å². The first-order valence-corrected chi connectivity index (χ1v) is 6.08. The van der Waals surface area contributed by atoms with E-state index in [1.165, 1.54) is 0 Å². The first-order chi connectivity index (χ1) is 8.19. The molecule has 17 heavy (non-hydrogen) atoms. The number of hydrogen-bond donors (Lipinski definition) is 1. The fourth-order valence-corrected chi connectivity index (χ4v) is 2.40. The van der Waals surface area contributed by atoms with E-state index >= 15 is 0 Å². The lowest BCUT2D eigenvalue weighted by Crippen LogP contribution is -2.43. The molecule has 1 aromatic heterocycles. The van der Waals surface area contributed by atoms with Crippen molar-refractivity contribution < 1.29 is 4.79 Å². The Bertz CT molecular complexity index is 385. The minimum Gasteiger partial charge on any atom is -0.316 e. The van der Waals surface area contributed by atoms with E-state index in [4.69, 9.17) is 0 Å². The highest BCUT2D eigenvalue weighted by molar-refractivity contribution is 5.97. The lowest BCUT2D eigenvalue weighted by Gasteiger charge is -2.30. The van der Waals surface area contributed by atoms with E-state index in [1.54, 1.807) is 17.3 Å². The van der Waals surface area contributed by atoms with Crippen LogP contribution in [0, 0.1) is 5.41 Å². The molecule has 0 radical (unpaired) electrons. The Kier molecular flexibility index (Phi) is 3.43. The van der Waals surface area contributed by atoms with Gasteiger partial charge in [0.25, 0.3) is 0 Å². The zero-order chi connectivity index (χ0) is 12.3. The molecular formula is C13H19N3O. The second-order valence-electron chi connectivity index (χ2n) is 4.64. The summed E-state index contributed by atoms with van der Waals surface area (Å²) in [6, 6.07) is 3.77. The summed E-state index contributed by atoms with van der Waals surface area (Å²) < 4.78 is 0. The van der Waals surface area contributed by atoms with Crippen LogP contribution in [-0.4, -0.2) is 31.0 Å². The molecule has 0 saturated carbocycles. The molecule has 1 atom stereocenters. The fraction of sp³-hybridized carbons (Fsp3) is 0.538. The molecule has 0 aromatic carbocycles. The Hall–Kier alpha value is -1.42. The number of aromatic nitrogens is 1. The summed E-state index contributed by atoms with van der Waals surface area (Å²) in [4.78, 5) is 18.3. The highest BCUT2D eigenvalue weighted by atomic mass is 16.2. The highest BCUT2D eigenvalue weighted by Gasteiger charge is 2.41. The van der Waals surface area contributed by atoms with Gasteiger partial charge in [-0.2, -0.15) is 0 Å². The molecule has 4 heteroatoms. The van der Waals surface area contributed by atoms with Gasteiger partial charge in [-0.25, -0.2) is 0 Å². The third-order valence-electron chi connectivity index (χ3n) is 3.71. The normalized spacial score (nSPS) is 23.6. The fourth-order valence-electron chi connectivity index (χ4n) is 2.40. The number of nitrogens with zero attached hydrogens (tertiary/aromatic N) is 2. The molecule has 92 valence electrons. The average Bonchev–Trinajstić information content (AvgIpc) is 2.88.